The molecule has 1 heterocycles. The van der Waals surface area contributed by atoms with Gasteiger partial charge < -0.3 is 0 Å². The number of rotatable bonds is 2. The van der Waals surface area contributed by atoms with Crippen LogP contribution in [0, 0.1) is 11.6 Å². The number of hydrogen-bond donors (Lipinski definition) is 0. The molecule has 108 valence electrons. The molecule has 0 N–H and O–H groups in total. The van der Waals surface area contributed by atoms with E-state index in [1.807, 2.05) is 0 Å². The Morgan fingerprint density at radius 2 is 1.90 bits per heavy atom. The Kier molecular flexibility index (Phi) is 3.59. The van der Waals surface area contributed by atoms with Crippen molar-refractivity contribution in [2.45, 2.75) is 12.3 Å². The summed E-state index contributed by atoms with van der Waals surface area (Å²) in [6.45, 7) is 1.73. The fraction of sp³-hybridized carbons (Fsp3) is 0.133. The molecule has 2 aromatic carbocycles. The number of hydrogen-bond acceptors (Lipinski definition) is 1. The normalized spacial score (nSPS) is 12.8. The molecule has 0 saturated heterocycles. The van der Waals surface area contributed by atoms with E-state index in [2.05, 4.69) is 4.98 Å². The molecule has 0 fully saturated rings. The number of halogens is 4. The topological polar surface area (TPSA) is 17.8 Å². The van der Waals surface area contributed by atoms with Gasteiger partial charge in [0.05, 0.1) is 22.1 Å². The van der Waals surface area contributed by atoms with E-state index in [1.165, 1.54) is 18.2 Å². The zero-order chi connectivity index (χ0) is 15.1. The summed E-state index contributed by atoms with van der Waals surface area (Å²) < 4.78 is 29.1. The van der Waals surface area contributed by atoms with Crippen molar-refractivity contribution >= 4 is 34.2 Å². The van der Waals surface area contributed by atoms with Crippen LogP contribution in [0.5, 0.6) is 0 Å². The third kappa shape index (κ3) is 2.49. The summed E-state index contributed by atoms with van der Waals surface area (Å²) >= 11 is 11.9. The minimum absolute atomic E-state index is 0.274. The first-order valence-corrected chi connectivity index (χ1v) is 7.06. The number of fused-ring (bicyclic) bond motifs is 1. The molecule has 0 aliphatic rings. The molecule has 1 aromatic heterocycles. The molecule has 21 heavy (non-hydrogen) atoms. The molecule has 0 saturated carbocycles. The first kappa shape index (κ1) is 14.3. The lowest BCUT2D eigenvalue weighted by Gasteiger charge is -2.11. The standard InChI is InChI=1S/C15H10Cl2F2N2/c1-8(16)15-20-12-7-10(18)3-5-14(12)21(15)13-4-2-9(17)6-11(13)19/h2-8H,1H3. The van der Waals surface area contributed by atoms with Crippen LogP contribution in [0.1, 0.15) is 18.1 Å². The van der Waals surface area contributed by atoms with Gasteiger partial charge in [-0.05, 0) is 37.3 Å². The van der Waals surface area contributed by atoms with Crippen LogP contribution in [0.25, 0.3) is 16.7 Å². The van der Waals surface area contributed by atoms with Gasteiger partial charge in [0.15, 0.2) is 0 Å². The molecular weight excluding hydrogens is 317 g/mol. The van der Waals surface area contributed by atoms with Crippen LogP contribution in [-0.2, 0) is 0 Å². The van der Waals surface area contributed by atoms with Crippen LogP contribution in [-0.4, -0.2) is 9.55 Å². The second kappa shape index (κ2) is 5.28. The molecule has 3 rings (SSSR count). The monoisotopic (exact) mass is 326 g/mol. The van der Waals surface area contributed by atoms with Crippen molar-refractivity contribution in [2.75, 3.05) is 0 Å². The van der Waals surface area contributed by atoms with Gasteiger partial charge in [0.25, 0.3) is 0 Å². The van der Waals surface area contributed by atoms with Gasteiger partial charge in [0.1, 0.15) is 17.5 Å². The number of nitrogens with zero attached hydrogens (tertiary/aromatic N) is 2. The molecule has 1 unspecified atom stereocenters. The van der Waals surface area contributed by atoms with E-state index in [9.17, 15) is 8.78 Å². The van der Waals surface area contributed by atoms with Crippen LogP contribution in [0.4, 0.5) is 8.78 Å². The molecule has 3 aromatic rings. The Hall–Kier alpha value is -1.65. The predicted molar refractivity (Wildman–Crippen MR) is 80.3 cm³/mol. The lowest BCUT2D eigenvalue weighted by Crippen LogP contribution is -2.04. The van der Waals surface area contributed by atoms with Crippen LogP contribution >= 0.6 is 23.2 Å². The molecule has 0 aliphatic heterocycles. The van der Waals surface area contributed by atoms with E-state index in [0.29, 0.717) is 21.9 Å². The van der Waals surface area contributed by atoms with E-state index in [4.69, 9.17) is 23.2 Å². The molecular formula is C15H10Cl2F2N2. The van der Waals surface area contributed by atoms with Gasteiger partial charge in [-0.2, -0.15) is 0 Å². The Labute approximate surface area is 129 Å². The van der Waals surface area contributed by atoms with Gasteiger partial charge in [-0.25, -0.2) is 13.8 Å². The van der Waals surface area contributed by atoms with E-state index in [0.717, 1.165) is 0 Å². The van der Waals surface area contributed by atoms with Crippen LogP contribution < -0.4 is 0 Å². The number of imidazole rings is 1. The summed E-state index contributed by atoms with van der Waals surface area (Å²) in [7, 11) is 0. The number of benzene rings is 2. The quantitative estimate of drug-likeness (QED) is 0.587. The first-order valence-electron chi connectivity index (χ1n) is 6.25. The highest BCUT2D eigenvalue weighted by atomic mass is 35.5. The van der Waals surface area contributed by atoms with Gasteiger partial charge >= 0.3 is 0 Å². The third-order valence-corrected chi connectivity index (χ3v) is 3.58. The summed E-state index contributed by atoms with van der Waals surface area (Å²) in [6, 6.07) is 8.49. The highest BCUT2D eigenvalue weighted by Crippen LogP contribution is 2.30. The zero-order valence-corrected chi connectivity index (χ0v) is 12.5. The van der Waals surface area contributed by atoms with Crippen LogP contribution in [0.3, 0.4) is 0 Å². The maximum atomic E-state index is 14.2. The molecule has 1 atom stereocenters. The Bertz CT molecular complexity index is 828. The Morgan fingerprint density at radius 3 is 2.57 bits per heavy atom. The average Bonchev–Trinajstić information content (AvgIpc) is 2.77. The van der Waals surface area contributed by atoms with Gasteiger partial charge in [0, 0.05) is 11.1 Å². The highest BCUT2D eigenvalue weighted by molar-refractivity contribution is 6.30. The molecule has 6 heteroatoms. The number of aromatic nitrogens is 2. The summed E-state index contributed by atoms with van der Waals surface area (Å²) in [4.78, 5) is 4.30. The van der Waals surface area contributed by atoms with Gasteiger partial charge in [-0.3, -0.25) is 4.57 Å². The largest absolute Gasteiger partial charge is 0.292 e. The van der Waals surface area contributed by atoms with Crippen molar-refractivity contribution in [3.63, 3.8) is 0 Å². The summed E-state index contributed by atoms with van der Waals surface area (Å²) in [6.07, 6.45) is 0. The van der Waals surface area contributed by atoms with E-state index in [-0.39, 0.29) is 5.69 Å². The second-order valence-corrected chi connectivity index (χ2v) is 5.74. The molecule has 2 nitrogen and oxygen atoms in total. The fourth-order valence-electron chi connectivity index (χ4n) is 2.25. The Morgan fingerprint density at radius 1 is 1.14 bits per heavy atom. The average molecular weight is 327 g/mol. The fourth-order valence-corrected chi connectivity index (χ4v) is 2.56. The molecule has 0 spiro atoms. The molecule has 0 bridgehead atoms. The molecule has 0 amide bonds. The SMILES string of the molecule is CC(Cl)c1nc2cc(F)ccc2n1-c1ccc(Cl)cc1F. The predicted octanol–water partition coefficient (Wildman–Crippen LogP) is 5.26. The minimum atomic E-state index is -0.496. The van der Waals surface area contributed by atoms with Crippen molar-refractivity contribution in [3.8, 4) is 5.69 Å². The van der Waals surface area contributed by atoms with Crippen LogP contribution in [0.2, 0.25) is 5.02 Å². The smallest absolute Gasteiger partial charge is 0.148 e. The highest BCUT2D eigenvalue weighted by Gasteiger charge is 2.19. The van der Waals surface area contributed by atoms with Gasteiger partial charge in [-0.1, -0.05) is 11.6 Å². The third-order valence-electron chi connectivity index (χ3n) is 3.15. The second-order valence-electron chi connectivity index (χ2n) is 4.65. The Balaban J connectivity index is 2.36. The van der Waals surface area contributed by atoms with E-state index < -0.39 is 17.0 Å². The molecule has 0 radical (unpaired) electrons. The van der Waals surface area contributed by atoms with Gasteiger partial charge in [0.2, 0.25) is 0 Å². The summed E-state index contributed by atoms with van der Waals surface area (Å²) in [5.74, 6) is -0.458. The zero-order valence-electron chi connectivity index (χ0n) is 10.9. The van der Waals surface area contributed by atoms with E-state index >= 15 is 0 Å². The lowest BCUT2D eigenvalue weighted by atomic mass is 10.2. The van der Waals surface area contributed by atoms with E-state index in [1.54, 1.807) is 29.7 Å². The van der Waals surface area contributed by atoms with Crippen molar-refractivity contribution in [2.24, 2.45) is 0 Å². The van der Waals surface area contributed by atoms with Crippen molar-refractivity contribution in [1.82, 2.24) is 9.55 Å². The summed E-state index contributed by atoms with van der Waals surface area (Å²) in [5, 5.41) is -0.164. The van der Waals surface area contributed by atoms with Crippen molar-refractivity contribution < 1.29 is 8.78 Å². The number of alkyl halides is 1. The molecule has 0 aliphatic carbocycles. The van der Waals surface area contributed by atoms with Crippen molar-refractivity contribution in [1.29, 1.82) is 0 Å². The summed E-state index contributed by atoms with van der Waals surface area (Å²) in [5.41, 5.74) is 1.28. The van der Waals surface area contributed by atoms with Crippen LogP contribution in [0.15, 0.2) is 36.4 Å². The van der Waals surface area contributed by atoms with Gasteiger partial charge in [-0.15, -0.1) is 11.6 Å². The first-order chi connectivity index (χ1) is 9.97. The lowest BCUT2D eigenvalue weighted by molar-refractivity contribution is 0.616. The maximum Gasteiger partial charge on any atom is 0.148 e. The van der Waals surface area contributed by atoms with Crippen molar-refractivity contribution in [3.05, 3.63) is 58.9 Å². The maximum absolute atomic E-state index is 14.2. The minimum Gasteiger partial charge on any atom is -0.292 e.